The normalized spacial score (nSPS) is 11.3. The highest BCUT2D eigenvalue weighted by molar-refractivity contribution is 5.96. The molecule has 0 unspecified atom stereocenters. The first kappa shape index (κ1) is 18.7. The van der Waals surface area contributed by atoms with E-state index in [1.807, 2.05) is 51.1 Å². The van der Waals surface area contributed by atoms with Crippen LogP contribution in [0.5, 0.6) is 11.5 Å². The molecule has 2 aromatic rings. The van der Waals surface area contributed by atoms with Gasteiger partial charge in [-0.2, -0.15) is 0 Å². The Hall–Kier alpha value is -2.60. The number of ether oxygens (including phenoxy) is 3. The van der Waals surface area contributed by atoms with Crippen LogP contribution in [0.4, 0.5) is 0 Å². The summed E-state index contributed by atoms with van der Waals surface area (Å²) in [7, 11) is 3.16. The van der Waals surface area contributed by atoms with E-state index in [-0.39, 0.29) is 13.4 Å². The zero-order chi connectivity index (χ0) is 18.2. The maximum atomic E-state index is 5.59. The van der Waals surface area contributed by atoms with Crippen molar-refractivity contribution in [1.29, 1.82) is 0 Å². The molecule has 0 amide bonds. The SMILES string of the molecule is COCOc1c(CON=C(C)c2cc(C)cc(C)n2)cccc1OC. The van der Waals surface area contributed by atoms with Gasteiger partial charge in [-0.15, -0.1) is 0 Å². The van der Waals surface area contributed by atoms with Crippen LogP contribution in [0, 0.1) is 13.8 Å². The summed E-state index contributed by atoms with van der Waals surface area (Å²) in [6.45, 7) is 6.23. The number of benzene rings is 1. The van der Waals surface area contributed by atoms with Gasteiger partial charge in [0.2, 0.25) is 0 Å². The summed E-state index contributed by atoms with van der Waals surface area (Å²) < 4.78 is 15.9. The molecule has 134 valence electrons. The maximum Gasteiger partial charge on any atom is 0.188 e. The molecule has 1 heterocycles. The van der Waals surface area contributed by atoms with Gasteiger partial charge in [-0.1, -0.05) is 17.3 Å². The number of pyridine rings is 1. The first-order valence-electron chi connectivity index (χ1n) is 7.95. The lowest BCUT2D eigenvalue weighted by Gasteiger charge is -2.14. The van der Waals surface area contributed by atoms with E-state index in [9.17, 15) is 0 Å². The molecule has 0 aliphatic rings. The van der Waals surface area contributed by atoms with Gasteiger partial charge in [0.1, 0.15) is 12.3 Å². The van der Waals surface area contributed by atoms with Gasteiger partial charge in [0, 0.05) is 18.4 Å². The molecule has 1 aromatic heterocycles. The molecule has 0 atom stereocenters. The van der Waals surface area contributed by atoms with Crippen LogP contribution in [0.2, 0.25) is 0 Å². The molecule has 0 aliphatic carbocycles. The smallest absolute Gasteiger partial charge is 0.188 e. The van der Waals surface area contributed by atoms with Crippen LogP contribution >= 0.6 is 0 Å². The largest absolute Gasteiger partial charge is 0.493 e. The number of rotatable bonds is 8. The molecule has 0 bridgehead atoms. The van der Waals surface area contributed by atoms with Gasteiger partial charge in [0.05, 0.1) is 12.8 Å². The van der Waals surface area contributed by atoms with E-state index in [0.717, 1.165) is 22.5 Å². The fraction of sp³-hybridized carbons (Fsp3) is 0.368. The van der Waals surface area contributed by atoms with E-state index < -0.39 is 0 Å². The number of methoxy groups -OCH3 is 2. The van der Waals surface area contributed by atoms with Crippen LogP contribution < -0.4 is 9.47 Å². The van der Waals surface area contributed by atoms with Crippen LogP contribution in [0.3, 0.4) is 0 Å². The van der Waals surface area contributed by atoms with Crippen LogP contribution in [-0.4, -0.2) is 31.7 Å². The topological polar surface area (TPSA) is 62.2 Å². The van der Waals surface area contributed by atoms with Crippen molar-refractivity contribution in [3.8, 4) is 11.5 Å². The second-order valence-electron chi connectivity index (χ2n) is 5.62. The summed E-state index contributed by atoms with van der Waals surface area (Å²) in [5.74, 6) is 1.21. The van der Waals surface area contributed by atoms with Crippen molar-refractivity contribution in [2.45, 2.75) is 27.4 Å². The van der Waals surface area contributed by atoms with Crippen molar-refractivity contribution >= 4 is 5.71 Å². The molecule has 0 N–H and O–H groups in total. The third-order valence-electron chi connectivity index (χ3n) is 3.49. The van der Waals surface area contributed by atoms with Gasteiger partial charge in [-0.3, -0.25) is 4.98 Å². The van der Waals surface area contributed by atoms with Gasteiger partial charge in [0.25, 0.3) is 0 Å². The zero-order valence-electron chi connectivity index (χ0n) is 15.3. The second-order valence-corrected chi connectivity index (χ2v) is 5.62. The molecule has 0 aliphatic heterocycles. The number of hydrogen-bond acceptors (Lipinski definition) is 6. The first-order chi connectivity index (χ1) is 12.0. The van der Waals surface area contributed by atoms with Crippen molar-refractivity contribution in [2.24, 2.45) is 5.16 Å². The minimum Gasteiger partial charge on any atom is -0.493 e. The average Bonchev–Trinajstić information content (AvgIpc) is 2.59. The number of aryl methyl sites for hydroxylation is 2. The summed E-state index contributed by atoms with van der Waals surface area (Å²) in [4.78, 5) is 9.98. The van der Waals surface area contributed by atoms with Crippen molar-refractivity contribution in [3.05, 3.63) is 52.8 Å². The molecular weight excluding hydrogens is 320 g/mol. The van der Waals surface area contributed by atoms with E-state index in [0.29, 0.717) is 17.2 Å². The molecule has 0 saturated carbocycles. The Bertz CT molecular complexity index is 724. The molecule has 6 nitrogen and oxygen atoms in total. The summed E-state index contributed by atoms with van der Waals surface area (Å²) in [5.41, 5.74) is 4.43. The predicted molar refractivity (Wildman–Crippen MR) is 96.2 cm³/mol. The average molecular weight is 344 g/mol. The van der Waals surface area contributed by atoms with Crippen LogP contribution in [0.25, 0.3) is 0 Å². The van der Waals surface area contributed by atoms with Crippen LogP contribution in [-0.2, 0) is 16.2 Å². The van der Waals surface area contributed by atoms with Crippen molar-refractivity contribution in [2.75, 3.05) is 21.0 Å². The first-order valence-corrected chi connectivity index (χ1v) is 7.95. The standard InChI is InChI=1S/C19H24N2O4/c1-13-9-14(2)20-17(10-13)15(3)21-25-11-16-7-6-8-18(23-5)19(16)24-12-22-4/h6-10H,11-12H2,1-5H3. The Kier molecular flexibility index (Phi) is 6.77. The van der Waals surface area contributed by atoms with Gasteiger partial charge in [-0.25, -0.2) is 0 Å². The second kappa shape index (κ2) is 9.03. The number of para-hydroxylation sites is 1. The fourth-order valence-corrected chi connectivity index (χ4v) is 2.39. The molecule has 0 fully saturated rings. The summed E-state index contributed by atoms with van der Waals surface area (Å²) in [5, 5.41) is 4.18. The van der Waals surface area contributed by atoms with Gasteiger partial charge in [-0.05, 0) is 44.5 Å². The highest BCUT2D eigenvalue weighted by Gasteiger charge is 2.11. The van der Waals surface area contributed by atoms with Gasteiger partial charge < -0.3 is 19.0 Å². The Morgan fingerprint density at radius 1 is 1.16 bits per heavy atom. The summed E-state index contributed by atoms with van der Waals surface area (Å²) >= 11 is 0. The van der Waals surface area contributed by atoms with Crippen LogP contribution in [0.15, 0.2) is 35.5 Å². The third kappa shape index (κ3) is 5.19. The fourth-order valence-electron chi connectivity index (χ4n) is 2.39. The zero-order valence-corrected chi connectivity index (χ0v) is 15.3. The minimum absolute atomic E-state index is 0.127. The third-order valence-corrected chi connectivity index (χ3v) is 3.49. The molecular formula is C19H24N2O4. The molecule has 0 radical (unpaired) electrons. The lowest BCUT2D eigenvalue weighted by atomic mass is 10.2. The minimum atomic E-state index is 0.127. The molecule has 0 spiro atoms. The van der Waals surface area contributed by atoms with Gasteiger partial charge in [0.15, 0.2) is 18.3 Å². The Morgan fingerprint density at radius 3 is 2.64 bits per heavy atom. The summed E-state index contributed by atoms with van der Waals surface area (Å²) in [6.07, 6.45) is 0. The number of oxime groups is 1. The Morgan fingerprint density at radius 2 is 1.96 bits per heavy atom. The van der Waals surface area contributed by atoms with Crippen molar-refractivity contribution < 1.29 is 19.0 Å². The van der Waals surface area contributed by atoms with E-state index in [2.05, 4.69) is 10.1 Å². The summed E-state index contributed by atoms with van der Waals surface area (Å²) in [6, 6.07) is 9.59. The Labute approximate surface area is 148 Å². The number of nitrogens with zero attached hydrogens (tertiary/aromatic N) is 2. The lowest BCUT2D eigenvalue weighted by molar-refractivity contribution is 0.0457. The molecule has 6 heteroatoms. The molecule has 1 aromatic carbocycles. The predicted octanol–water partition coefficient (Wildman–Crippen LogP) is 3.63. The van der Waals surface area contributed by atoms with Crippen LogP contribution in [0.1, 0.15) is 29.4 Å². The van der Waals surface area contributed by atoms with Gasteiger partial charge >= 0.3 is 0 Å². The molecule has 0 saturated heterocycles. The van der Waals surface area contributed by atoms with Crippen molar-refractivity contribution in [3.63, 3.8) is 0 Å². The van der Waals surface area contributed by atoms with E-state index >= 15 is 0 Å². The highest BCUT2D eigenvalue weighted by Crippen LogP contribution is 2.31. The quantitative estimate of drug-likeness (QED) is 0.416. The Balaban J connectivity index is 2.12. The van der Waals surface area contributed by atoms with Crippen molar-refractivity contribution in [1.82, 2.24) is 4.98 Å². The highest BCUT2D eigenvalue weighted by atomic mass is 16.7. The van der Waals surface area contributed by atoms with E-state index in [1.165, 1.54) is 0 Å². The lowest BCUT2D eigenvalue weighted by Crippen LogP contribution is -2.05. The number of hydrogen-bond donors (Lipinski definition) is 0. The molecule has 2 rings (SSSR count). The monoisotopic (exact) mass is 344 g/mol. The number of aromatic nitrogens is 1. The van der Waals surface area contributed by atoms with E-state index in [1.54, 1.807) is 14.2 Å². The maximum absolute atomic E-state index is 5.59. The molecule has 25 heavy (non-hydrogen) atoms. The van der Waals surface area contributed by atoms with E-state index in [4.69, 9.17) is 19.0 Å².